The molecule has 0 bridgehead atoms. The number of aliphatic hydroxyl groups excluding tert-OH is 1. The van der Waals surface area contributed by atoms with E-state index in [-0.39, 0.29) is 12.5 Å². The van der Waals surface area contributed by atoms with E-state index in [0.29, 0.717) is 0 Å². The van der Waals surface area contributed by atoms with Gasteiger partial charge in [-0.3, -0.25) is 0 Å². The maximum atomic E-state index is 9.85. The Morgan fingerprint density at radius 3 is 2.44 bits per heavy atom. The molecule has 0 unspecified atom stereocenters. The van der Waals surface area contributed by atoms with E-state index in [0.717, 1.165) is 0 Å². The van der Waals surface area contributed by atoms with E-state index >= 15 is 0 Å². The molecule has 5 heteroatoms. The molecular formula is C4H8ClNO3. The Kier molecular flexibility index (Phi) is 4.17. The third kappa shape index (κ3) is 4.05. The average molecular weight is 154 g/mol. The molecule has 9 heavy (non-hydrogen) atoms. The first kappa shape index (κ1) is 8.52. The molecule has 0 aromatic rings. The summed E-state index contributed by atoms with van der Waals surface area (Å²) in [5.41, 5.74) is 0. The van der Waals surface area contributed by atoms with Gasteiger partial charge in [-0.15, -0.1) is 11.6 Å². The number of aliphatic hydroxyl groups is 1. The zero-order chi connectivity index (χ0) is 7.28. The van der Waals surface area contributed by atoms with Gasteiger partial charge in [-0.25, -0.2) is 4.79 Å². The lowest BCUT2D eigenvalue weighted by molar-refractivity contribution is 0.180. The Morgan fingerprint density at radius 1 is 1.78 bits per heavy atom. The summed E-state index contributed by atoms with van der Waals surface area (Å²) in [6, 6.07) is -0.552. The van der Waals surface area contributed by atoms with Gasteiger partial charge >= 0.3 is 6.09 Å². The zero-order valence-corrected chi connectivity index (χ0v) is 5.43. The van der Waals surface area contributed by atoms with Gasteiger partial charge in [-0.05, 0) is 0 Å². The van der Waals surface area contributed by atoms with Crippen molar-refractivity contribution in [1.82, 2.24) is 5.32 Å². The van der Waals surface area contributed by atoms with E-state index in [1.807, 2.05) is 5.32 Å². The van der Waals surface area contributed by atoms with E-state index in [2.05, 4.69) is 0 Å². The van der Waals surface area contributed by atoms with Crippen LogP contribution in [0.1, 0.15) is 0 Å². The van der Waals surface area contributed by atoms with Crippen LogP contribution in [0.3, 0.4) is 0 Å². The van der Waals surface area contributed by atoms with Crippen molar-refractivity contribution in [2.24, 2.45) is 0 Å². The average Bonchev–Trinajstić information content (AvgIpc) is 1.82. The van der Waals surface area contributed by atoms with Gasteiger partial charge in [0.05, 0.1) is 12.6 Å². The molecule has 0 aromatic carbocycles. The van der Waals surface area contributed by atoms with Gasteiger partial charge in [0, 0.05) is 5.88 Å². The number of rotatable bonds is 3. The number of carbonyl (C=O) groups is 1. The minimum absolute atomic E-state index is 0.0861. The molecule has 0 heterocycles. The second-order valence-electron chi connectivity index (χ2n) is 1.48. The van der Waals surface area contributed by atoms with Crippen molar-refractivity contribution >= 4 is 17.7 Å². The number of halogens is 1. The zero-order valence-electron chi connectivity index (χ0n) is 4.67. The molecule has 0 aliphatic heterocycles. The van der Waals surface area contributed by atoms with E-state index in [1.54, 1.807) is 0 Å². The number of hydrogen-bond acceptors (Lipinski definition) is 2. The predicted molar refractivity (Wildman–Crippen MR) is 32.8 cm³/mol. The van der Waals surface area contributed by atoms with E-state index in [1.165, 1.54) is 0 Å². The molecule has 0 rings (SSSR count). The highest BCUT2D eigenvalue weighted by Gasteiger charge is 2.06. The van der Waals surface area contributed by atoms with E-state index < -0.39 is 12.1 Å². The number of amides is 1. The molecular weight excluding hydrogens is 146 g/mol. The lowest BCUT2D eigenvalue weighted by atomic mass is 10.4. The first-order valence-electron chi connectivity index (χ1n) is 2.37. The Hall–Kier alpha value is -0.480. The van der Waals surface area contributed by atoms with Gasteiger partial charge in [0.25, 0.3) is 0 Å². The maximum Gasteiger partial charge on any atom is 0.404 e. The smallest absolute Gasteiger partial charge is 0.404 e. The van der Waals surface area contributed by atoms with Gasteiger partial charge in [0.2, 0.25) is 0 Å². The van der Waals surface area contributed by atoms with Crippen LogP contribution >= 0.6 is 11.6 Å². The van der Waals surface area contributed by atoms with Crippen molar-refractivity contribution in [2.75, 3.05) is 12.5 Å². The van der Waals surface area contributed by atoms with Crippen molar-refractivity contribution in [1.29, 1.82) is 0 Å². The molecule has 0 fully saturated rings. The van der Waals surface area contributed by atoms with Gasteiger partial charge in [-0.2, -0.15) is 0 Å². The number of hydrogen-bond donors (Lipinski definition) is 3. The summed E-state index contributed by atoms with van der Waals surface area (Å²) < 4.78 is 0. The second kappa shape index (κ2) is 4.40. The van der Waals surface area contributed by atoms with Crippen LogP contribution in [0, 0.1) is 0 Å². The van der Waals surface area contributed by atoms with Crippen molar-refractivity contribution in [2.45, 2.75) is 6.04 Å². The Labute approximate surface area is 57.4 Å². The summed E-state index contributed by atoms with van der Waals surface area (Å²) in [7, 11) is 0. The van der Waals surface area contributed by atoms with Crippen LogP contribution in [0.5, 0.6) is 0 Å². The lowest BCUT2D eigenvalue weighted by Crippen LogP contribution is -2.37. The fourth-order valence-electron chi connectivity index (χ4n) is 0.308. The Bertz CT molecular complexity index is 93.8. The molecule has 0 aliphatic rings. The summed E-state index contributed by atoms with van der Waals surface area (Å²) in [5, 5.41) is 18.4. The van der Waals surface area contributed by atoms with E-state index in [9.17, 15) is 4.79 Å². The molecule has 0 spiro atoms. The highest BCUT2D eigenvalue weighted by Crippen LogP contribution is 1.85. The second-order valence-corrected chi connectivity index (χ2v) is 1.79. The molecule has 1 amide bonds. The third-order valence-electron chi connectivity index (χ3n) is 0.734. The summed E-state index contributed by atoms with van der Waals surface area (Å²) in [4.78, 5) is 9.85. The van der Waals surface area contributed by atoms with Gasteiger partial charge in [0.15, 0.2) is 0 Å². The van der Waals surface area contributed by atoms with Crippen molar-refractivity contribution < 1.29 is 15.0 Å². The minimum Gasteiger partial charge on any atom is -0.465 e. The fourth-order valence-corrected chi connectivity index (χ4v) is 0.482. The van der Waals surface area contributed by atoms with Crippen LogP contribution in [0.25, 0.3) is 0 Å². The molecule has 0 aliphatic carbocycles. The number of carboxylic acid groups (broad SMARTS) is 1. The summed E-state index contributed by atoms with van der Waals surface area (Å²) >= 11 is 5.23. The van der Waals surface area contributed by atoms with Crippen molar-refractivity contribution in [3.63, 3.8) is 0 Å². The van der Waals surface area contributed by atoms with Crippen molar-refractivity contribution in [3.05, 3.63) is 0 Å². The quantitative estimate of drug-likeness (QED) is 0.494. The first-order chi connectivity index (χ1) is 4.20. The van der Waals surface area contributed by atoms with Crippen LogP contribution in [-0.4, -0.2) is 34.8 Å². The van der Waals surface area contributed by atoms with Crippen molar-refractivity contribution in [3.8, 4) is 0 Å². The van der Waals surface area contributed by atoms with Crippen LogP contribution < -0.4 is 5.32 Å². The summed E-state index contributed by atoms with van der Waals surface area (Å²) in [6.07, 6.45) is -1.17. The maximum absolute atomic E-state index is 9.85. The topological polar surface area (TPSA) is 69.6 Å². The lowest BCUT2D eigenvalue weighted by Gasteiger charge is -2.08. The highest BCUT2D eigenvalue weighted by atomic mass is 35.5. The highest BCUT2D eigenvalue weighted by molar-refractivity contribution is 6.18. The largest absolute Gasteiger partial charge is 0.465 e. The summed E-state index contributed by atoms with van der Waals surface area (Å²) in [5.74, 6) is 0.0861. The van der Waals surface area contributed by atoms with Gasteiger partial charge in [0.1, 0.15) is 0 Å². The Balaban J connectivity index is 3.43. The third-order valence-corrected chi connectivity index (χ3v) is 1.11. The number of nitrogens with one attached hydrogen (secondary N) is 1. The summed E-state index contributed by atoms with van der Waals surface area (Å²) in [6.45, 7) is -0.268. The standard InChI is InChI=1S/C4H8ClNO3/c5-1-3(2-7)6-4(8)9/h3,6-7H,1-2H2,(H,8,9)/t3-/m0/s1. The van der Waals surface area contributed by atoms with Crippen LogP contribution in [-0.2, 0) is 0 Å². The van der Waals surface area contributed by atoms with Crippen LogP contribution in [0.2, 0.25) is 0 Å². The van der Waals surface area contributed by atoms with Gasteiger partial charge < -0.3 is 15.5 Å². The van der Waals surface area contributed by atoms with Crippen LogP contribution in [0.4, 0.5) is 4.79 Å². The normalized spacial score (nSPS) is 12.7. The number of alkyl halides is 1. The Morgan fingerprint density at radius 2 is 2.33 bits per heavy atom. The molecule has 0 saturated carbocycles. The molecule has 54 valence electrons. The minimum atomic E-state index is -1.17. The fraction of sp³-hybridized carbons (Fsp3) is 0.750. The SMILES string of the molecule is O=C(O)N[C@H](CO)CCl. The molecule has 0 saturated heterocycles. The predicted octanol–water partition coefficient (Wildman–Crippen LogP) is -0.146. The molecule has 0 aromatic heterocycles. The monoisotopic (exact) mass is 153 g/mol. The molecule has 1 atom stereocenters. The van der Waals surface area contributed by atoms with Gasteiger partial charge in [-0.1, -0.05) is 0 Å². The first-order valence-corrected chi connectivity index (χ1v) is 2.90. The molecule has 4 nitrogen and oxygen atoms in total. The van der Waals surface area contributed by atoms with E-state index in [4.69, 9.17) is 21.8 Å². The molecule has 3 N–H and O–H groups in total. The molecule has 0 radical (unpaired) electrons. The van der Waals surface area contributed by atoms with Crippen LogP contribution in [0.15, 0.2) is 0 Å².